The Labute approximate surface area is 110 Å². The Morgan fingerprint density at radius 2 is 1.84 bits per heavy atom. The molecular weight excluding hydrogens is 258 g/mol. The standard InChI is InChI=1S/C14H17F4N/c1-8(2)9-5-11(6-9)19-13-7-10(14(16,17)18)3-4-12(13)15/h3-4,7-9,11,19H,5-6H2,1-2H3. The van der Waals surface area contributed by atoms with E-state index in [1.165, 1.54) is 0 Å². The highest BCUT2D eigenvalue weighted by Crippen LogP contribution is 2.37. The van der Waals surface area contributed by atoms with Gasteiger partial charge in [-0.25, -0.2) is 4.39 Å². The first-order valence-corrected chi connectivity index (χ1v) is 6.40. The summed E-state index contributed by atoms with van der Waals surface area (Å²) in [6.07, 6.45) is -2.68. The van der Waals surface area contributed by atoms with Crippen LogP contribution in [-0.4, -0.2) is 6.04 Å². The van der Waals surface area contributed by atoms with Crippen molar-refractivity contribution in [2.75, 3.05) is 5.32 Å². The van der Waals surface area contributed by atoms with Gasteiger partial charge in [-0.05, 0) is 42.9 Å². The van der Waals surface area contributed by atoms with E-state index in [-0.39, 0.29) is 11.7 Å². The summed E-state index contributed by atoms with van der Waals surface area (Å²) in [5, 5.41) is 2.87. The smallest absolute Gasteiger partial charge is 0.380 e. The fraction of sp³-hybridized carbons (Fsp3) is 0.571. The first kappa shape index (κ1) is 14.2. The summed E-state index contributed by atoms with van der Waals surface area (Å²) in [5.74, 6) is 0.497. The van der Waals surface area contributed by atoms with Crippen molar-refractivity contribution in [3.05, 3.63) is 29.6 Å². The van der Waals surface area contributed by atoms with Crippen LogP contribution in [0.5, 0.6) is 0 Å². The van der Waals surface area contributed by atoms with Gasteiger partial charge in [0.05, 0.1) is 11.3 Å². The molecule has 0 aliphatic heterocycles. The molecule has 0 radical (unpaired) electrons. The van der Waals surface area contributed by atoms with E-state index in [1.54, 1.807) is 0 Å². The number of hydrogen-bond acceptors (Lipinski definition) is 1. The molecule has 0 amide bonds. The van der Waals surface area contributed by atoms with Crippen LogP contribution in [0.4, 0.5) is 23.2 Å². The minimum Gasteiger partial charge on any atom is -0.380 e. The Hall–Kier alpha value is -1.26. The van der Waals surface area contributed by atoms with Gasteiger partial charge >= 0.3 is 6.18 Å². The Bertz CT molecular complexity index is 447. The highest BCUT2D eigenvalue weighted by atomic mass is 19.4. The quantitative estimate of drug-likeness (QED) is 0.789. The number of halogens is 4. The summed E-state index contributed by atoms with van der Waals surface area (Å²) < 4.78 is 51.2. The molecule has 0 bridgehead atoms. The first-order chi connectivity index (χ1) is 8.77. The van der Waals surface area contributed by atoms with Crippen LogP contribution in [-0.2, 0) is 6.18 Å². The van der Waals surface area contributed by atoms with Crippen LogP contribution < -0.4 is 5.32 Å². The average Bonchev–Trinajstić information content (AvgIpc) is 2.22. The molecule has 0 aromatic heterocycles. The van der Waals surface area contributed by atoms with E-state index in [0.717, 1.165) is 31.0 Å². The van der Waals surface area contributed by atoms with E-state index in [4.69, 9.17) is 0 Å². The maximum atomic E-state index is 13.5. The van der Waals surface area contributed by atoms with Crippen LogP contribution in [0.1, 0.15) is 32.3 Å². The third-order valence-electron chi connectivity index (χ3n) is 3.77. The normalized spacial score (nSPS) is 23.3. The van der Waals surface area contributed by atoms with Gasteiger partial charge in [-0.1, -0.05) is 13.8 Å². The molecule has 1 fully saturated rings. The maximum Gasteiger partial charge on any atom is 0.416 e. The molecule has 0 atom stereocenters. The number of benzene rings is 1. The summed E-state index contributed by atoms with van der Waals surface area (Å²) >= 11 is 0. The largest absolute Gasteiger partial charge is 0.416 e. The van der Waals surface area contributed by atoms with Crippen molar-refractivity contribution in [3.63, 3.8) is 0 Å². The van der Waals surface area contributed by atoms with Crippen molar-refractivity contribution in [1.29, 1.82) is 0 Å². The number of nitrogens with one attached hydrogen (secondary N) is 1. The Balaban J connectivity index is 2.05. The number of hydrogen-bond donors (Lipinski definition) is 1. The lowest BCUT2D eigenvalue weighted by Crippen LogP contribution is -2.38. The van der Waals surface area contributed by atoms with E-state index in [2.05, 4.69) is 19.2 Å². The molecular formula is C14H17F4N. The van der Waals surface area contributed by atoms with E-state index in [0.29, 0.717) is 11.8 Å². The van der Waals surface area contributed by atoms with Crippen molar-refractivity contribution in [3.8, 4) is 0 Å². The molecule has 1 aliphatic rings. The van der Waals surface area contributed by atoms with Crippen molar-refractivity contribution in [2.45, 2.75) is 38.9 Å². The fourth-order valence-electron chi connectivity index (χ4n) is 2.36. The van der Waals surface area contributed by atoms with Crippen LogP contribution in [0.25, 0.3) is 0 Å². The van der Waals surface area contributed by atoms with Crippen LogP contribution >= 0.6 is 0 Å². The van der Waals surface area contributed by atoms with Crippen molar-refractivity contribution >= 4 is 5.69 Å². The van der Waals surface area contributed by atoms with Gasteiger partial charge < -0.3 is 5.32 Å². The third kappa shape index (κ3) is 3.19. The molecule has 106 valence electrons. The molecule has 1 aromatic carbocycles. The van der Waals surface area contributed by atoms with E-state index < -0.39 is 17.6 Å². The SMILES string of the molecule is CC(C)C1CC(Nc2cc(C(F)(F)F)ccc2F)C1. The summed E-state index contributed by atoms with van der Waals surface area (Å²) in [7, 11) is 0. The molecule has 1 saturated carbocycles. The summed E-state index contributed by atoms with van der Waals surface area (Å²) in [6, 6.07) is 2.55. The Kier molecular flexibility index (Phi) is 3.74. The molecule has 1 nitrogen and oxygen atoms in total. The number of alkyl halides is 3. The van der Waals surface area contributed by atoms with E-state index in [9.17, 15) is 17.6 Å². The molecule has 19 heavy (non-hydrogen) atoms. The highest BCUT2D eigenvalue weighted by molar-refractivity contribution is 5.49. The fourth-order valence-corrected chi connectivity index (χ4v) is 2.36. The Morgan fingerprint density at radius 3 is 2.37 bits per heavy atom. The molecule has 1 N–H and O–H groups in total. The third-order valence-corrected chi connectivity index (χ3v) is 3.77. The second-order valence-corrected chi connectivity index (χ2v) is 5.51. The van der Waals surface area contributed by atoms with Gasteiger partial charge in [0.25, 0.3) is 0 Å². The van der Waals surface area contributed by atoms with Crippen molar-refractivity contribution in [1.82, 2.24) is 0 Å². The highest BCUT2D eigenvalue weighted by Gasteiger charge is 2.33. The summed E-state index contributed by atoms with van der Waals surface area (Å²) in [6.45, 7) is 4.23. The molecule has 1 aromatic rings. The zero-order chi connectivity index (χ0) is 14.2. The summed E-state index contributed by atoms with van der Waals surface area (Å²) in [5.41, 5.74) is -0.877. The monoisotopic (exact) mass is 275 g/mol. The van der Waals surface area contributed by atoms with Gasteiger partial charge in [0, 0.05) is 6.04 Å². The molecule has 0 heterocycles. The number of anilines is 1. The van der Waals surface area contributed by atoms with Gasteiger partial charge in [0.2, 0.25) is 0 Å². The lowest BCUT2D eigenvalue weighted by Gasteiger charge is -2.39. The zero-order valence-corrected chi connectivity index (χ0v) is 10.9. The zero-order valence-electron chi connectivity index (χ0n) is 10.9. The second-order valence-electron chi connectivity index (χ2n) is 5.51. The minimum atomic E-state index is -4.44. The first-order valence-electron chi connectivity index (χ1n) is 6.40. The van der Waals surface area contributed by atoms with Crippen LogP contribution in [0.3, 0.4) is 0 Å². The predicted octanol–water partition coefficient (Wildman–Crippen LogP) is 4.69. The molecule has 0 unspecified atom stereocenters. The molecule has 0 saturated heterocycles. The van der Waals surface area contributed by atoms with E-state index >= 15 is 0 Å². The van der Waals surface area contributed by atoms with Gasteiger partial charge in [0.15, 0.2) is 0 Å². The second kappa shape index (κ2) is 5.02. The topological polar surface area (TPSA) is 12.0 Å². The van der Waals surface area contributed by atoms with Gasteiger partial charge in [-0.15, -0.1) is 0 Å². The molecule has 5 heteroatoms. The summed E-state index contributed by atoms with van der Waals surface area (Å²) in [4.78, 5) is 0. The van der Waals surface area contributed by atoms with Crippen molar-refractivity contribution < 1.29 is 17.6 Å². The average molecular weight is 275 g/mol. The van der Waals surface area contributed by atoms with Crippen LogP contribution in [0.15, 0.2) is 18.2 Å². The molecule has 1 aliphatic carbocycles. The molecule has 2 rings (SSSR count). The number of rotatable bonds is 3. The maximum absolute atomic E-state index is 13.5. The van der Waals surface area contributed by atoms with Gasteiger partial charge in [-0.3, -0.25) is 0 Å². The van der Waals surface area contributed by atoms with E-state index in [1.807, 2.05) is 0 Å². The predicted molar refractivity (Wildman–Crippen MR) is 66.4 cm³/mol. The Morgan fingerprint density at radius 1 is 1.21 bits per heavy atom. The lowest BCUT2D eigenvalue weighted by atomic mass is 9.73. The van der Waals surface area contributed by atoms with Crippen LogP contribution in [0, 0.1) is 17.7 Å². The van der Waals surface area contributed by atoms with Crippen LogP contribution in [0.2, 0.25) is 0 Å². The lowest BCUT2D eigenvalue weighted by molar-refractivity contribution is -0.137. The molecule has 0 spiro atoms. The van der Waals surface area contributed by atoms with Crippen molar-refractivity contribution in [2.24, 2.45) is 11.8 Å². The van der Waals surface area contributed by atoms with Gasteiger partial charge in [-0.2, -0.15) is 13.2 Å². The minimum absolute atomic E-state index is 0.0537. The van der Waals surface area contributed by atoms with Gasteiger partial charge in [0.1, 0.15) is 5.82 Å².